The van der Waals surface area contributed by atoms with Gasteiger partial charge in [0.15, 0.2) is 11.7 Å². The Morgan fingerprint density at radius 2 is 2.31 bits per heavy atom. The third-order valence-electron chi connectivity index (χ3n) is 4.57. The molecule has 1 aliphatic rings. The van der Waals surface area contributed by atoms with Crippen LogP contribution in [0.15, 0.2) is 27.8 Å². The number of aromatic nitrogens is 3. The van der Waals surface area contributed by atoms with Gasteiger partial charge in [0, 0.05) is 39.1 Å². The van der Waals surface area contributed by atoms with Crippen LogP contribution in [0.3, 0.4) is 0 Å². The predicted molar refractivity (Wildman–Crippen MR) is 113 cm³/mol. The summed E-state index contributed by atoms with van der Waals surface area (Å²) in [6.07, 6.45) is 2.47. The van der Waals surface area contributed by atoms with Gasteiger partial charge in [-0.3, -0.25) is 15.0 Å². The molecule has 0 bridgehead atoms. The molecule has 3 rings (SSSR count). The summed E-state index contributed by atoms with van der Waals surface area (Å²) in [5, 5.41) is 13.8. The molecule has 0 saturated carbocycles. The van der Waals surface area contributed by atoms with Crippen molar-refractivity contribution >= 4 is 5.96 Å². The summed E-state index contributed by atoms with van der Waals surface area (Å²) in [4.78, 5) is 11.6. The summed E-state index contributed by atoms with van der Waals surface area (Å²) >= 11 is 0. The molecule has 1 saturated heterocycles. The van der Waals surface area contributed by atoms with E-state index >= 15 is 0 Å². The second-order valence-corrected chi connectivity index (χ2v) is 7.63. The molecule has 29 heavy (non-hydrogen) atoms. The number of aromatic amines is 1. The normalized spacial score (nSPS) is 18.3. The minimum atomic E-state index is 0.142. The minimum absolute atomic E-state index is 0.142. The topological polar surface area (TPSA) is 104 Å². The van der Waals surface area contributed by atoms with Crippen molar-refractivity contribution < 1.29 is 9.15 Å². The van der Waals surface area contributed by atoms with Crippen molar-refractivity contribution in [2.24, 2.45) is 10.9 Å². The van der Waals surface area contributed by atoms with Gasteiger partial charge in [0.25, 0.3) is 0 Å². The van der Waals surface area contributed by atoms with E-state index in [1.54, 1.807) is 6.26 Å². The predicted octanol–water partition coefficient (Wildman–Crippen LogP) is 1.52. The minimum Gasteiger partial charge on any atom is -0.461 e. The van der Waals surface area contributed by atoms with Crippen LogP contribution in [-0.2, 0) is 11.2 Å². The lowest BCUT2D eigenvalue weighted by Crippen LogP contribution is -2.46. The summed E-state index contributed by atoms with van der Waals surface area (Å²) in [6, 6.07) is 3.67. The molecule has 9 nitrogen and oxygen atoms in total. The average Bonchev–Trinajstić information content (AvgIpc) is 3.37. The summed E-state index contributed by atoms with van der Waals surface area (Å²) in [6.45, 7) is 12.6. The molecular weight excluding hydrogens is 370 g/mol. The molecule has 9 heteroatoms. The first kappa shape index (κ1) is 21.3. The summed E-state index contributed by atoms with van der Waals surface area (Å²) < 4.78 is 11.2. The van der Waals surface area contributed by atoms with Gasteiger partial charge in [0.05, 0.1) is 25.5 Å². The average molecular weight is 404 g/mol. The standard InChI is InChI=1S/C20H33N7O2/c1-4-21-20(23-12-16-14-27(9-11-28-16)13-15(2)3)22-8-7-18-24-19(26-25-18)17-6-5-10-29-17/h5-6,10,15-16H,4,7-9,11-14H2,1-3H3,(H2,21,22,23)(H,24,25,26). The van der Waals surface area contributed by atoms with E-state index in [4.69, 9.17) is 14.1 Å². The van der Waals surface area contributed by atoms with Crippen LogP contribution in [0.1, 0.15) is 26.6 Å². The molecule has 2 aromatic heterocycles. The van der Waals surface area contributed by atoms with Gasteiger partial charge < -0.3 is 19.8 Å². The monoisotopic (exact) mass is 403 g/mol. The van der Waals surface area contributed by atoms with E-state index in [1.165, 1.54) is 0 Å². The first-order chi connectivity index (χ1) is 14.1. The molecule has 0 spiro atoms. The van der Waals surface area contributed by atoms with Crippen LogP contribution in [0.5, 0.6) is 0 Å². The molecule has 160 valence electrons. The van der Waals surface area contributed by atoms with Crippen molar-refractivity contribution in [1.29, 1.82) is 0 Å². The van der Waals surface area contributed by atoms with Gasteiger partial charge in [-0.05, 0) is 25.0 Å². The molecule has 0 aromatic carbocycles. The summed E-state index contributed by atoms with van der Waals surface area (Å²) in [5.41, 5.74) is 0. The third kappa shape index (κ3) is 6.86. The van der Waals surface area contributed by atoms with Crippen molar-refractivity contribution in [1.82, 2.24) is 30.7 Å². The molecule has 1 aliphatic heterocycles. The third-order valence-corrected chi connectivity index (χ3v) is 4.57. The van der Waals surface area contributed by atoms with Crippen molar-refractivity contribution in [2.75, 3.05) is 45.9 Å². The number of H-pyrrole nitrogens is 1. The highest BCUT2D eigenvalue weighted by atomic mass is 16.5. The lowest BCUT2D eigenvalue weighted by Gasteiger charge is -2.33. The number of rotatable bonds is 9. The van der Waals surface area contributed by atoms with E-state index in [0.29, 0.717) is 37.0 Å². The Labute approximate surface area is 172 Å². The van der Waals surface area contributed by atoms with Gasteiger partial charge in [-0.2, -0.15) is 5.10 Å². The number of hydrogen-bond donors (Lipinski definition) is 3. The van der Waals surface area contributed by atoms with Crippen molar-refractivity contribution in [3.63, 3.8) is 0 Å². The van der Waals surface area contributed by atoms with Gasteiger partial charge in [0.1, 0.15) is 5.82 Å². The van der Waals surface area contributed by atoms with E-state index in [9.17, 15) is 0 Å². The number of hydrogen-bond acceptors (Lipinski definition) is 6. The molecule has 3 N–H and O–H groups in total. The number of nitrogens with zero attached hydrogens (tertiary/aromatic N) is 4. The first-order valence-corrected chi connectivity index (χ1v) is 10.4. The van der Waals surface area contributed by atoms with Crippen LogP contribution in [0.25, 0.3) is 11.6 Å². The van der Waals surface area contributed by atoms with Crippen molar-refractivity contribution in [2.45, 2.75) is 33.3 Å². The highest BCUT2D eigenvalue weighted by molar-refractivity contribution is 5.79. The fraction of sp³-hybridized carbons (Fsp3) is 0.650. The Kier molecular flexibility index (Phi) is 8.06. The second-order valence-electron chi connectivity index (χ2n) is 7.63. The van der Waals surface area contributed by atoms with Gasteiger partial charge in [-0.1, -0.05) is 13.8 Å². The fourth-order valence-electron chi connectivity index (χ4n) is 3.33. The molecule has 0 radical (unpaired) electrons. The smallest absolute Gasteiger partial charge is 0.216 e. The molecule has 1 atom stereocenters. The molecule has 2 aromatic rings. The second kappa shape index (κ2) is 11.0. The van der Waals surface area contributed by atoms with E-state index in [-0.39, 0.29) is 6.10 Å². The molecular formula is C20H33N7O2. The lowest BCUT2D eigenvalue weighted by atomic mass is 10.2. The van der Waals surface area contributed by atoms with Crippen LogP contribution >= 0.6 is 0 Å². The molecule has 1 fully saturated rings. The quantitative estimate of drug-likeness (QED) is 0.431. The Hall–Kier alpha value is -2.39. The number of furan rings is 1. The van der Waals surface area contributed by atoms with Gasteiger partial charge >= 0.3 is 0 Å². The van der Waals surface area contributed by atoms with E-state index in [0.717, 1.165) is 44.6 Å². The van der Waals surface area contributed by atoms with Gasteiger partial charge in [-0.25, -0.2) is 4.98 Å². The highest BCUT2D eigenvalue weighted by Gasteiger charge is 2.20. The molecule has 0 amide bonds. The summed E-state index contributed by atoms with van der Waals surface area (Å²) in [7, 11) is 0. The van der Waals surface area contributed by atoms with E-state index in [2.05, 4.69) is 51.5 Å². The Bertz CT molecular complexity index is 742. The van der Waals surface area contributed by atoms with Crippen molar-refractivity contribution in [3.8, 4) is 11.6 Å². The van der Waals surface area contributed by atoms with E-state index < -0.39 is 0 Å². The van der Waals surface area contributed by atoms with Crippen LogP contribution < -0.4 is 10.6 Å². The van der Waals surface area contributed by atoms with Gasteiger partial charge in [0.2, 0.25) is 5.82 Å². The zero-order valence-corrected chi connectivity index (χ0v) is 17.6. The number of guanidine groups is 1. The lowest BCUT2D eigenvalue weighted by molar-refractivity contribution is -0.0261. The maximum Gasteiger partial charge on any atom is 0.216 e. The number of nitrogens with one attached hydrogen (secondary N) is 3. The van der Waals surface area contributed by atoms with Crippen LogP contribution in [-0.4, -0.2) is 78.0 Å². The Morgan fingerprint density at radius 3 is 3.07 bits per heavy atom. The van der Waals surface area contributed by atoms with Gasteiger partial charge in [-0.15, -0.1) is 0 Å². The largest absolute Gasteiger partial charge is 0.461 e. The van der Waals surface area contributed by atoms with E-state index in [1.807, 2.05) is 12.1 Å². The Balaban J connectivity index is 1.45. The van der Waals surface area contributed by atoms with Crippen molar-refractivity contribution in [3.05, 3.63) is 24.2 Å². The SMILES string of the molecule is CCNC(=NCC1CN(CC(C)C)CCO1)NCCc1nc(-c2ccco2)n[nH]1. The maximum absolute atomic E-state index is 5.89. The van der Waals surface area contributed by atoms with Crippen LogP contribution in [0.2, 0.25) is 0 Å². The molecule has 0 aliphatic carbocycles. The maximum atomic E-state index is 5.89. The highest BCUT2D eigenvalue weighted by Crippen LogP contribution is 2.14. The number of morpholine rings is 1. The zero-order valence-electron chi connectivity index (χ0n) is 17.6. The first-order valence-electron chi connectivity index (χ1n) is 10.4. The van der Waals surface area contributed by atoms with Crippen LogP contribution in [0, 0.1) is 5.92 Å². The Morgan fingerprint density at radius 1 is 1.41 bits per heavy atom. The number of ether oxygens (including phenoxy) is 1. The zero-order chi connectivity index (χ0) is 20.5. The molecule has 1 unspecified atom stereocenters. The van der Waals surface area contributed by atoms with Crippen LogP contribution in [0.4, 0.5) is 0 Å². The number of aliphatic imine (C=N–C) groups is 1. The molecule has 3 heterocycles. The summed E-state index contributed by atoms with van der Waals surface area (Å²) in [5.74, 6) is 3.50. The fourth-order valence-corrected chi connectivity index (χ4v) is 3.33.